The molecule has 0 unspecified atom stereocenters. The van der Waals surface area contributed by atoms with Gasteiger partial charge in [-0.2, -0.15) is 0 Å². The summed E-state index contributed by atoms with van der Waals surface area (Å²) in [5.41, 5.74) is 0.554. The molecule has 1 aromatic carbocycles. The monoisotopic (exact) mass is 245 g/mol. The molecule has 3 rings (SSSR count). The highest BCUT2D eigenvalue weighted by molar-refractivity contribution is 6.20. The molecule has 1 heterocycles. The Labute approximate surface area is 103 Å². The number of benzene rings is 1. The van der Waals surface area contributed by atoms with Crippen LogP contribution in [0.1, 0.15) is 34.1 Å². The molecule has 1 aromatic rings. The first-order valence-corrected chi connectivity index (χ1v) is 5.79. The summed E-state index contributed by atoms with van der Waals surface area (Å²) in [6, 6.07) is 6.42. The van der Waals surface area contributed by atoms with E-state index < -0.39 is 17.8 Å². The second-order valence-corrected chi connectivity index (χ2v) is 4.68. The van der Waals surface area contributed by atoms with Crippen molar-refractivity contribution in [1.29, 1.82) is 0 Å². The van der Waals surface area contributed by atoms with Gasteiger partial charge in [0.05, 0.1) is 17.0 Å². The maximum Gasteiger partial charge on any atom is 0.336 e. The van der Waals surface area contributed by atoms with Crippen molar-refractivity contribution in [3.05, 3.63) is 35.4 Å². The molecule has 2 aliphatic rings. The van der Waals surface area contributed by atoms with E-state index in [1.54, 1.807) is 24.3 Å². The fraction of sp³-hybridized carbons (Fsp3) is 0.308. The molecule has 5 nitrogen and oxygen atoms in total. The normalized spacial score (nSPS) is 25.1. The summed E-state index contributed by atoms with van der Waals surface area (Å²) in [6.07, 6.45) is 0.752. The molecule has 1 fully saturated rings. The van der Waals surface area contributed by atoms with E-state index in [4.69, 9.17) is 4.84 Å². The zero-order chi connectivity index (χ0) is 12.9. The van der Waals surface area contributed by atoms with Crippen LogP contribution < -0.4 is 0 Å². The first-order valence-electron chi connectivity index (χ1n) is 5.79. The van der Waals surface area contributed by atoms with Gasteiger partial charge in [-0.1, -0.05) is 24.1 Å². The lowest BCUT2D eigenvalue weighted by Crippen LogP contribution is -2.33. The Morgan fingerprint density at radius 1 is 1.22 bits per heavy atom. The molecule has 0 aromatic heterocycles. The summed E-state index contributed by atoms with van der Waals surface area (Å²) in [6.45, 7) is 1.92. The maximum absolute atomic E-state index is 11.9. The highest BCUT2D eigenvalue weighted by Crippen LogP contribution is 2.39. The molecule has 1 aliphatic heterocycles. The summed E-state index contributed by atoms with van der Waals surface area (Å²) >= 11 is 0. The van der Waals surface area contributed by atoms with Crippen LogP contribution >= 0.6 is 0 Å². The number of rotatable bonds is 2. The molecule has 1 aliphatic carbocycles. The minimum absolute atomic E-state index is 0.186. The number of hydroxylamine groups is 2. The van der Waals surface area contributed by atoms with E-state index in [1.165, 1.54) is 0 Å². The van der Waals surface area contributed by atoms with Crippen molar-refractivity contribution >= 4 is 17.8 Å². The van der Waals surface area contributed by atoms with Crippen molar-refractivity contribution in [3.63, 3.8) is 0 Å². The van der Waals surface area contributed by atoms with Crippen LogP contribution in [-0.4, -0.2) is 22.8 Å². The third-order valence-electron chi connectivity index (χ3n) is 3.35. The third kappa shape index (κ3) is 1.51. The van der Waals surface area contributed by atoms with Crippen LogP contribution in [0.2, 0.25) is 0 Å². The van der Waals surface area contributed by atoms with Gasteiger partial charge in [-0.15, -0.1) is 0 Å². The van der Waals surface area contributed by atoms with Gasteiger partial charge < -0.3 is 4.84 Å². The zero-order valence-electron chi connectivity index (χ0n) is 9.75. The minimum atomic E-state index is -0.572. The fourth-order valence-electron chi connectivity index (χ4n) is 2.06. The van der Waals surface area contributed by atoms with Crippen LogP contribution in [0.5, 0.6) is 0 Å². The first-order chi connectivity index (χ1) is 8.59. The predicted octanol–water partition coefficient (Wildman–Crippen LogP) is 1.40. The van der Waals surface area contributed by atoms with E-state index in [0.717, 1.165) is 6.42 Å². The molecule has 92 valence electrons. The van der Waals surface area contributed by atoms with Gasteiger partial charge >= 0.3 is 5.97 Å². The number of imide groups is 1. The highest BCUT2D eigenvalue weighted by Gasteiger charge is 2.45. The molecular weight excluding hydrogens is 234 g/mol. The summed E-state index contributed by atoms with van der Waals surface area (Å²) < 4.78 is 0. The highest BCUT2D eigenvalue weighted by atomic mass is 16.7. The maximum atomic E-state index is 11.9. The van der Waals surface area contributed by atoms with Gasteiger partial charge in [-0.25, -0.2) is 4.79 Å². The van der Waals surface area contributed by atoms with Crippen molar-refractivity contribution in [3.8, 4) is 0 Å². The van der Waals surface area contributed by atoms with Crippen molar-refractivity contribution in [2.75, 3.05) is 0 Å². The van der Waals surface area contributed by atoms with Crippen molar-refractivity contribution in [1.82, 2.24) is 5.06 Å². The van der Waals surface area contributed by atoms with Gasteiger partial charge in [0.2, 0.25) is 0 Å². The van der Waals surface area contributed by atoms with Crippen LogP contribution in [0.4, 0.5) is 0 Å². The van der Waals surface area contributed by atoms with Gasteiger partial charge in [-0.05, 0) is 24.5 Å². The minimum Gasteiger partial charge on any atom is -0.329 e. The van der Waals surface area contributed by atoms with Gasteiger partial charge in [0, 0.05) is 0 Å². The molecule has 1 saturated carbocycles. The molecule has 0 radical (unpaired) electrons. The number of nitrogens with zero attached hydrogens (tertiary/aromatic N) is 1. The molecule has 0 N–H and O–H groups in total. The van der Waals surface area contributed by atoms with E-state index >= 15 is 0 Å². The van der Waals surface area contributed by atoms with Crippen molar-refractivity contribution in [2.24, 2.45) is 11.8 Å². The van der Waals surface area contributed by atoms with Crippen LogP contribution in [0.15, 0.2) is 24.3 Å². The average Bonchev–Trinajstić information content (AvgIpc) is 3.06. The quantitative estimate of drug-likeness (QED) is 0.739. The standard InChI is InChI=1S/C13H11NO4/c1-7-6-10(7)13(17)18-14-11(15)8-4-2-3-5-9(8)12(14)16/h2-5,7,10H,6H2,1H3/t7-,10+/m0/s1. The Morgan fingerprint density at radius 3 is 2.17 bits per heavy atom. The number of fused-ring (bicyclic) bond motifs is 1. The first kappa shape index (κ1) is 11.0. The van der Waals surface area contributed by atoms with Crippen LogP contribution in [0.25, 0.3) is 0 Å². The Hall–Kier alpha value is -2.17. The van der Waals surface area contributed by atoms with E-state index in [2.05, 4.69) is 0 Å². The van der Waals surface area contributed by atoms with E-state index in [1.807, 2.05) is 6.92 Å². The molecule has 0 saturated heterocycles. The van der Waals surface area contributed by atoms with Gasteiger partial charge in [0.15, 0.2) is 0 Å². The van der Waals surface area contributed by atoms with E-state index in [-0.39, 0.29) is 23.0 Å². The summed E-state index contributed by atoms with van der Waals surface area (Å²) in [4.78, 5) is 40.3. The van der Waals surface area contributed by atoms with Gasteiger partial charge in [0.1, 0.15) is 0 Å². The van der Waals surface area contributed by atoms with Crippen LogP contribution in [0, 0.1) is 11.8 Å². The lowest BCUT2D eigenvalue weighted by Gasteiger charge is -2.12. The zero-order valence-corrected chi connectivity index (χ0v) is 9.75. The number of hydrogen-bond acceptors (Lipinski definition) is 4. The molecule has 2 atom stereocenters. The summed E-state index contributed by atoms with van der Waals surface area (Å²) in [7, 11) is 0. The number of carbonyl (C=O) groups excluding carboxylic acids is 3. The van der Waals surface area contributed by atoms with Crippen LogP contribution in [0.3, 0.4) is 0 Å². The molecule has 5 heteroatoms. The summed E-state index contributed by atoms with van der Waals surface area (Å²) in [5.74, 6) is -1.56. The fourth-order valence-corrected chi connectivity index (χ4v) is 2.06. The van der Waals surface area contributed by atoms with Gasteiger partial charge in [-0.3, -0.25) is 9.59 Å². The Bertz CT molecular complexity index is 531. The predicted molar refractivity (Wildman–Crippen MR) is 60.3 cm³/mol. The smallest absolute Gasteiger partial charge is 0.329 e. The second kappa shape index (κ2) is 3.66. The molecule has 0 bridgehead atoms. The Kier molecular flexibility index (Phi) is 2.23. The second-order valence-electron chi connectivity index (χ2n) is 4.68. The Morgan fingerprint density at radius 2 is 1.72 bits per heavy atom. The molecular formula is C13H11NO4. The topological polar surface area (TPSA) is 63.7 Å². The third-order valence-corrected chi connectivity index (χ3v) is 3.35. The Balaban J connectivity index is 1.82. The lowest BCUT2D eigenvalue weighted by atomic mass is 10.1. The molecule has 18 heavy (non-hydrogen) atoms. The molecule has 2 amide bonds. The molecule has 0 spiro atoms. The van der Waals surface area contributed by atoms with Gasteiger partial charge in [0.25, 0.3) is 11.8 Å². The number of hydrogen-bond donors (Lipinski definition) is 0. The number of carbonyl (C=O) groups is 3. The lowest BCUT2D eigenvalue weighted by molar-refractivity contribution is -0.170. The van der Waals surface area contributed by atoms with E-state index in [0.29, 0.717) is 5.06 Å². The SMILES string of the molecule is C[C@H]1C[C@H]1C(=O)ON1C(=O)c2ccccc2C1=O. The van der Waals surface area contributed by atoms with E-state index in [9.17, 15) is 14.4 Å². The van der Waals surface area contributed by atoms with Crippen molar-refractivity contribution in [2.45, 2.75) is 13.3 Å². The number of amides is 2. The average molecular weight is 245 g/mol. The largest absolute Gasteiger partial charge is 0.336 e. The van der Waals surface area contributed by atoms with Crippen LogP contribution in [-0.2, 0) is 9.63 Å². The summed E-state index contributed by atoms with van der Waals surface area (Å²) in [5, 5.41) is 0.567. The van der Waals surface area contributed by atoms with Crippen molar-refractivity contribution < 1.29 is 19.2 Å².